The Morgan fingerprint density at radius 2 is 2.17 bits per heavy atom. The predicted molar refractivity (Wildman–Crippen MR) is 67.2 cm³/mol. The van der Waals surface area contributed by atoms with E-state index in [-0.39, 0.29) is 17.5 Å². The number of amidine groups is 1. The Morgan fingerprint density at radius 3 is 2.83 bits per heavy atom. The standard InChI is InChI=1S/C11H8BrFN4O/c12-8-2-1-6(5-9(8)13)18-11-7(10(14)15)3-4-16-17-11/h1-5H,(H3,14,15). The molecule has 0 aliphatic carbocycles. The lowest BCUT2D eigenvalue weighted by Crippen LogP contribution is -2.13. The van der Waals surface area contributed by atoms with Crippen molar-refractivity contribution in [3.05, 3.63) is 46.3 Å². The van der Waals surface area contributed by atoms with E-state index < -0.39 is 5.82 Å². The molecule has 92 valence electrons. The van der Waals surface area contributed by atoms with Gasteiger partial charge in [0.05, 0.1) is 16.2 Å². The summed E-state index contributed by atoms with van der Waals surface area (Å²) < 4.78 is 19.0. The quantitative estimate of drug-likeness (QED) is 0.673. The van der Waals surface area contributed by atoms with E-state index in [1.54, 1.807) is 6.07 Å². The number of aromatic nitrogens is 2. The van der Waals surface area contributed by atoms with Gasteiger partial charge in [0.15, 0.2) is 0 Å². The van der Waals surface area contributed by atoms with Crippen LogP contribution in [0, 0.1) is 11.2 Å². The van der Waals surface area contributed by atoms with Crippen molar-refractivity contribution in [2.24, 2.45) is 5.73 Å². The van der Waals surface area contributed by atoms with E-state index in [9.17, 15) is 4.39 Å². The van der Waals surface area contributed by atoms with Crippen LogP contribution in [0.5, 0.6) is 11.6 Å². The Kier molecular flexibility index (Phi) is 3.52. The zero-order valence-corrected chi connectivity index (χ0v) is 10.6. The zero-order chi connectivity index (χ0) is 13.1. The van der Waals surface area contributed by atoms with Crippen LogP contribution in [0.2, 0.25) is 0 Å². The minimum atomic E-state index is -0.458. The summed E-state index contributed by atoms with van der Waals surface area (Å²) in [6, 6.07) is 5.77. The van der Waals surface area contributed by atoms with Gasteiger partial charge in [-0.05, 0) is 34.1 Å². The van der Waals surface area contributed by atoms with E-state index in [1.165, 1.54) is 24.4 Å². The van der Waals surface area contributed by atoms with Gasteiger partial charge in [0.1, 0.15) is 17.4 Å². The van der Waals surface area contributed by atoms with Gasteiger partial charge in [-0.2, -0.15) is 5.10 Å². The van der Waals surface area contributed by atoms with Crippen molar-refractivity contribution in [2.45, 2.75) is 0 Å². The Hall–Kier alpha value is -2.02. The molecule has 0 radical (unpaired) electrons. The first kappa shape index (κ1) is 12.4. The Labute approximate surface area is 110 Å². The molecule has 0 spiro atoms. The minimum Gasteiger partial charge on any atom is -0.437 e. The molecule has 1 aromatic carbocycles. The minimum absolute atomic E-state index is 0.0618. The van der Waals surface area contributed by atoms with Gasteiger partial charge < -0.3 is 10.5 Å². The van der Waals surface area contributed by atoms with Crippen molar-refractivity contribution in [2.75, 3.05) is 0 Å². The lowest BCUT2D eigenvalue weighted by molar-refractivity contribution is 0.449. The average Bonchev–Trinajstić information content (AvgIpc) is 2.34. The van der Waals surface area contributed by atoms with Crippen molar-refractivity contribution in [3.8, 4) is 11.6 Å². The number of nitrogen functional groups attached to an aromatic ring is 1. The first-order chi connectivity index (χ1) is 8.58. The Morgan fingerprint density at radius 1 is 1.39 bits per heavy atom. The van der Waals surface area contributed by atoms with Gasteiger partial charge in [-0.15, -0.1) is 5.10 Å². The molecule has 2 aromatic rings. The first-order valence-electron chi connectivity index (χ1n) is 4.87. The number of nitrogens with one attached hydrogen (secondary N) is 1. The predicted octanol–water partition coefficient (Wildman–Crippen LogP) is 2.45. The molecule has 0 unspecified atom stereocenters. The largest absolute Gasteiger partial charge is 0.437 e. The van der Waals surface area contributed by atoms with Crippen molar-refractivity contribution in [1.29, 1.82) is 5.41 Å². The highest BCUT2D eigenvalue weighted by Gasteiger charge is 2.10. The van der Waals surface area contributed by atoms with Gasteiger partial charge in [-0.3, -0.25) is 5.41 Å². The van der Waals surface area contributed by atoms with Gasteiger partial charge in [0.2, 0.25) is 5.88 Å². The van der Waals surface area contributed by atoms with Crippen LogP contribution < -0.4 is 10.5 Å². The normalized spacial score (nSPS) is 10.1. The molecule has 0 bridgehead atoms. The fourth-order valence-corrected chi connectivity index (χ4v) is 1.50. The molecule has 1 heterocycles. The number of rotatable bonds is 3. The zero-order valence-electron chi connectivity index (χ0n) is 9.02. The molecule has 5 nitrogen and oxygen atoms in total. The fraction of sp³-hybridized carbons (Fsp3) is 0. The van der Waals surface area contributed by atoms with E-state index in [0.29, 0.717) is 10.0 Å². The van der Waals surface area contributed by atoms with Crippen molar-refractivity contribution in [3.63, 3.8) is 0 Å². The summed E-state index contributed by atoms with van der Waals surface area (Å²) in [5.74, 6) is -0.344. The highest BCUT2D eigenvalue weighted by Crippen LogP contribution is 2.25. The van der Waals surface area contributed by atoms with Crippen molar-refractivity contribution >= 4 is 21.8 Å². The Balaban J connectivity index is 2.34. The molecule has 0 saturated carbocycles. The maximum Gasteiger partial charge on any atom is 0.249 e. The molecular weight excluding hydrogens is 303 g/mol. The lowest BCUT2D eigenvalue weighted by atomic mass is 10.3. The lowest BCUT2D eigenvalue weighted by Gasteiger charge is -2.08. The number of hydrogen-bond donors (Lipinski definition) is 2. The topological polar surface area (TPSA) is 84.9 Å². The van der Waals surface area contributed by atoms with Gasteiger partial charge in [-0.25, -0.2) is 4.39 Å². The third-order valence-electron chi connectivity index (χ3n) is 2.08. The first-order valence-corrected chi connectivity index (χ1v) is 5.66. The number of hydrogen-bond acceptors (Lipinski definition) is 4. The summed E-state index contributed by atoms with van der Waals surface area (Å²) in [5.41, 5.74) is 5.68. The van der Waals surface area contributed by atoms with E-state index in [4.69, 9.17) is 15.9 Å². The molecule has 0 atom stereocenters. The number of nitrogens with two attached hydrogens (primary N) is 1. The van der Waals surface area contributed by atoms with Gasteiger partial charge >= 0.3 is 0 Å². The van der Waals surface area contributed by atoms with Crippen molar-refractivity contribution in [1.82, 2.24) is 10.2 Å². The maximum absolute atomic E-state index is 13.3. The molecule has 18 heavy (non-hydrogen) atoms. The number of halogens is 2. The smallest absolute Gasteiger partial charge is 0.249 e. The molecule has 0 fully saturated rings. The van der Waals surface area contributed by atoms with Crippen LogP contribution >= 0.6 is 15.9 Å². The van der Waals surface area contributed by atoms with Crippen LogP contribution in [-0.2, 0) is 0 Å². The molecular formula is C11H8BrFN4O. The van der Waals surface area contributed by atoms with Crippen LogP contribution in [0.15, 0.2) is 34.9 Å². The number of nitrogens with zero attached hydrogens (tertiary/aromatic N) is 2. The highest BCUT2D eigenvalue weighted by molar-refractivity contribution is 9.10. The summed E-state index contributed by atoms with van der Waals surface area (Å²) in [4.78, 5) is 0. The SMILES string of the molecule is N=C(N)c1ccnnc1Oc1ccc(Br)c(F)c1. The summed E-state index contributed by atoms with van der Waals surface area (Å²) in [6.45, 7) is 0. The van der Waals surface area contributed by atoms with Crippen LogP contribution in [0.4, 0.5) is 4.39 Å². The average molecular weight is 311 g/mol. The highest BCUT2D eigenvalue weighted by atomic mass is 79.9. The molecule has 2 rings (SSSR count). The maximum atomic E-state index is 13.3. The summed E-state index contributed by atoms with van der Waals surface area (Å²) >= 11 is 3.04. The second-order valence-electron chi connectivity index (χ2n) is 3.34. The summed E-state index contributed by atoms with van der Waals surface area (Å²) in [7, 11) is 0. The van der Waals surface area contributed by atoms with Gasteiger partial charge in [0.25, 0.3) is 0 Å². The van der Waals surface area contributed by atoms with Crippen LogP contribution in [-0.4, -0.2) is 16.0 Å². The fourth-order valence-electron chi connectivity index (χ4n) is 1.25. The summed E-state index contributed by atoms with van der Waals surface area (Å²) in [5, 5.41) is 14.7. The molecule has 0 aliphatic heterocycles. The molecule has 7 heteroatoms. The number of ether oxygens (including phenoxy) is 1. The van der Waals surface area contributed by atoms with Gasteiger partial charge in [-0.1, -0.05) is 0 Å². The van der Waals surface area contributed by atoms with E-state index >= 15 is 0 Å². The Bertz CT molecular complexity index is 605. The molecule has 0 amide bonds. The molecule has 0 saturated heterocycles. The van der Waals surface area contributed by atoms with Crippen molar-refractivity contribution < 1.29 is 9.13 Å². The summed E-state index contributed by atoms with van der Waals surface area (Å²) in [6.07, 6.45) is 1.39. The van der Waals surface area contributed by atoms with E-state index in [1.807, 2.05) is 0 Å². The monoisotopic (exact) mass is 310 g/mol. The molecule has 3 N–H and O–H groups in total. The van der Waals surface area contributed by atoms with E-state index in [0.717, 1.165) is 0 Å². The van der Waals surface area contributed by atoms with Gasteiger partial charge in [0, 0.05) is 6.07 Å². The van der Waals surface area contributed by atoms with Crippen LogP contribution in [0.3, 0.4) is 0 Å². The molecule has 0 aliphatic rings. The second kappa shape index (κ2) is 5.09. The number of benzene rings is 1. The third kappa shape index (κ3) is 2.62. The third-order valence-corrected chi connectivity index (χ3v) is 2.73. The van der Waals surface area contributed by atoms with E-state index in [2.05, 4.69) is 26.1 Å². The second-order valence-corrected chi connectivity index (χ2v) is 4.20. The van der Waals surface area contributed by atoms with Crippen LogP contribution in [0.25, 0.3) is 0 Å². The van der Waals surface area contributed by atoms with Crippen LogP contribution in [0.1, 0.15) is 5.56 Å². The molecule has 1 aromatic heterocycles.